The van der Waals surface area contributed by atoms with Crippen molar-refractivity contribution >= 4 is 32.3 Å². The monoisotopic (exact) mass is 340 g/mol. The van der Waals surface area contributed by atoms with Crippen molar-refractivity contribution in [1.82, 2.24) is 4.98 Å². The molecule has 0 unspecified atom stereocenters. The van der Waals surface area contributed by atoms with Crippen molar-refractivity contribution in [3.8, 4) is 22.8 Å². The number of nitrogens with two attached hydrogens (primary N) is 1. The number of nitrogen functional groups attached to an aromatic ring is 1. The SMILES string of the molecule is CCCc1nc(-c2cc(Br)c3c(c2)OCO3)c(N)s1. The number of aryl methyl sites for hydroxylation is 1. The summed E-state index contributed by atoms with van der Waals surface area (Å²) < 4.78 is 11.7. The fourth-order valence-corrected chi connectivity index (χ4v) is 3.52. The summed E-state index contributed by atoms with van der Waals surface area (Å²) in [5.41, 5.74) is 7.85. The first-order valence-corrected chi connectivity index (χ1v) is 7.64. The molecule has 0 amide bonds. The van der Waals surface area contributed by atoms with Crippen molar-refractivity contribution in [3.05, 3.63) is 21.6 Å². The number of rotatable bonds is 3. The molecule has 100 valence electrons. The Morgan fingerprint density at radius 3 is 3.05 bits per heavy atom. The van der Waals surface area contributed by atoms with E-state index < -0.39 is 0 Å². The van der Waals surface area contributed by atoms with E-state index in [1.807, 2.05) is 12.1 Å². The van der Waals surface area contributed by atoms with Gasteiger partial charge in [0.15, 0.2) is 11.5 Å². The normalized spacial score (nSPS) is 12.9. The Balaban J connectivity index is 2.05. The van der Waals surface area contributed by atoms with E-state index in [2.05, 4.69) is 27.8 Å². The number of hydrogen-bond acceptors (Lipinski definition) is 5. The minimum Gasteiger partial charge on any atom is -0.454 e. The van der Waals surface area contributed by atoms with Gasteiger partial charge in [0.25, 0.3) is 0 Å². The van der Waals surface area contributed by atoms with Gasteiger partial charge in [0.05, 0.1) is 9.48 Å². The third-order valence-corrected chi connectivity index (χ3v) is 4.40. The minimum absolute atomic E-state index is 0.255. The molecular weight excluding hydrogens is 328 g/mol. The zero-order valence-corrected chi connectivity index (χ0v) is 12.8. The number of halogens is 1. The van der Waals surface area contributed by atoms with Crippen LogP contribution in [0.1, 0.15) is 18.4 Å². The Bertz CT molecular complexity index is 627. The van der Waals surface area contributed by atoms with Crippen molar-refractivity contribution in [2.75, 3.05) is 12.5 Å². The smallest absolute Gasteiger partial charge is 0.231 e. The van der Waals surface area contributed by atoms with Gasteiger partial charge < -0.3 is 15.2 Å². The maximum absolute atomic E-state index is 6.07. The van der Waals surface area contributed by atoms with Crippen LogP contribution in [0.15, 0.2) is 16.6 Å². The molecule has 4 nitrogen and oxygen atoms in total. The number of nitrogens with zero attached hydrogens (tertiary/aromatic N) is 1. The van der Waals surface area contributed by atoms with Crippen LogP contribution in [0.2, 0.25) is 0 Å². The van der Waals surface area contributed by atoms with Crippen LogP contribution in [0.5, 0.6) is 11.5 Å². The van der Waals surface area contributed by atoms with Crippen molar-refractivity contribution < 1.29 is 9.47 Å². The second-order valence-electron chi connectivity index (χ2n) is 4.26. The van der Waals surface area contributed by atoms with Gasteiger partial charge in [-0.1, -0.05) is 6.92 Å². The minimum atomic E-state index is 0.255. The van der Waals surface area contributed by atoms with Gasteiger partial charge in [0, 0.05) is 5.56 Å². The maximum atomic E-state index is 6.07. The summed E-state index contributed by atoms with van der Waals surface area (Å²) in [5, 5.41) is 1.82. The quantitative estimate of drug-likeness (QED) is 0.922. The molecule has 1 aliphatic heterocycles. The molecule has 2 aromatic rings. The van der Waals surface area contributed by atoms with Crippen molar-refractivity contribution in [2.24, 2.45) is 0 Å². The fourth-order valence-electron chi connectivity index (χ4n) is 2.01. The third kappa shape index (κ3) is 2.30. The van der Waals surface area contributed by atoms with Crippen LogP contribution in [0, 0.1) is 0 Å². The van der Waals surface area contributed by atoms with Gasteiger partial charge in [-0.15, -0.1) is 11.3 Å². The summed E-state index contributed by atoms with van der Waals surface area (Å²) in [7, 11) is 0. The van der Waals surface area contributed by atoms with Crippen LogP contribution in [0.4, 0.5) is 5.00 Å². The van der Waals surface area contributed by atoms with E-state index >= 15 is 0 Å². The Morgan fingerprint density at radius 2 is 2.26 bits per heavy atom. The molecule has 0 radical (unpaired) electrons. The van der Waals surface area contributed by atoms with Crippen LogP contribution >= 0.6 is 27.3 Å². The van der Waals surface area contributed by atoms with Crippen molar-refractivity contribution in [3.63, 3.8) is 0 Å². The summed E-state index contributed by atoms with van der Waals surface area (Å²) >= 11 is 5.04. The zero-order valence-electron chi connectivity index (χ0n) is 10.4. The molecule has 1 aliphatic rings. The number of benzene rings is 1. The molecular formula is C13H13BrN2O2S. The third-order valence-electron chi connectivity index (χ3n) is 2.86. The number of aromatic nitrogens is 1. The van der Waals surface area contributed by atoms with Crippen LogP contribution in [0.3, 0.4) is 0 Å². The van der Waals surface area contributed by atoms with Crippen molar-refractivity contribution in [2.45, 2.75) is 19.8 Å². The van der Waals surface area contributed by atoms with E-state index in [1.165, 1.54) is 0 Å². The average molecular weight is 341 g/mol. The van der Waals surface area contributed by atoms with E-state index in [0.717, 1.165) is 50.1 Å². The van der Waals surface area contributed by atoms with E-state index in [-0.39, 0.29) is 6.79 Å². The molecule has 2 heterocycles. The van der Waals surface area contributed by atoms with E-state index in [0.29, 0.717) is 0 Å². The number of anilines is 1. The predicted octanol–water partition coefficient (Wildman–Crippen LogP) is 3.84. The number of fused-ring (bicyclic) bond motifs is 1. The predicted molar refractivity (Wildman–Crippen MR) is 79.8 cm³/mol. The largest absolute Gasteiger partial charge is 0.454 e. The lowest BCUT2D eigenvalue weighted by Gasteiger charge is -2.03. The average Bonchev–Trinajstić information content (AvgIpc) is 2.96. The molecule has 2 N–H and O–H groups in total. The van der Waals surface area contributed by atoms with Crippen LogP contribution in [0.25, 0.3) is 11.3 Å². The number of hydrogen-bond donors (Lipinski definition) is 1. The second kappa shape index (κ2) is 5.02. The molecule has 3 rings (SSSR count). The highest BCUT2D eigenvalue weighted by molar-refractivity contribution is 9.10. The Morgan fingerprint density at radius 1 is 1.42 bits per heavy atom. The van der Waals surface area contributed by atoms with Gasteiger partial charge in [-0.3, -0.25) is 0 Å². The summed E-state index contributed by atoms with van der Waals surface area (Å²) in [4.78, 5) is 4.61. The first-order chi connectivity index (χ1) is 9.19. The highest BCUT2D eigenvalue weighted by Crippen LogP contribution is 2.43. The highest BCUT2D eigenvalue weighted by atomic mass is 79.9. The zero-order chi connectivity index (χ0) is 13.4. The molecule has 0 saturated heterocycles. The maximum Gasteiger partial charge on any atom is 0.231 e. The van der Waals surface area contributed by atoms with Gasteiger partial charge in [-0.2, -0.15) is 0 Å². The molecule has 19 heavy (non-hydrogen) atoms. The summed E-state index contributed by atoms with van der Waals surface area (Å²) in [5.74, 6) is 1.47. The summed E-state index contributed by atoms with van der Waals surface area (Å²) in [6, 6.07) is 3.89. The molecule has 0 aliphatic carbocycles. The summed E-state index contributed by atoms with van der Waals surface area (Å²) in [6.45, 7) is 2.39. The Kier molecular flexibility index (Phi) is 3.36. The van der Waals surface area contributed by atoms with E-state index in [4.69, 9.17) is 15.2 Å². The molecule has 0 fully saturated rings. The van der Waals surface area contributed by atoms with Crippen molar-refractivity contribution in [1.29, 1.82) is 0 Å². The Labute approximate surface area is 123 Å². The van der Waals surface area contributed by atoms with Gasteiger partial charge >= 0.3 is 0 Å². The molecule has 0 atom stereocenters. The lowest BCUT2D eigenvalue weighted by Crippen LogP contribution is -1.93. The molecule has 1 aromatic heterocycles. The topological polar surface area (TPSA) is 57.4 Å². The lowest BCUT2D eigenvalue weighted by molar-refractivity contribution is 0.173. The molecule has 0 saturated carbocycles. The highest BCUT2D eigenvalue weighted by Gasteiger charge is 2.20. The molecule has 0 spiro atoms. The number of ether oxygens (including phenoxy) is 2. The standard InChI is InChI=1S/C13H13BrN2O2S/c1-2-3-10-16-11(13(15)19-10)7-4-8(14)12-9(5-7)17-6-18-12/h4-5H,2-3,6,15H2,1H3. The summed E-state index contributed by atoms with van der Waals surface area (Å²) in [6.07, 6.45) is 2.03. The van der Waals surface area contributed by atoms with Crippen LogP contribution in [-0.4, -0.2) is 11.8 Å². The molecule has 6 heteroatoms. The first-order valence-electron chi connectivity index (χ1n) is 6.03. The number of thiazole rings is 1. The van der Waals surface area contributed by atoms with Crippen LogP contribution in [-0.2, 0) is 6.42 Å². The lowest BCUT2D eigenvalue weighted by atomic mass is 10.1. The van der Waals surface area contributed by atoms with Gasteiger partial charge in [0.2, 0.25) is 6.79 Å². The van der Waals surface area contributed by atoms with E-state index in [1.54, 1.807) is 11.3 Å². The molecule has 0 bridgehead atoms. The van der Waals surface area contributed by atoms with Gasteiger partial charge in [0.1, 0.15) is 10.7 Å². The first kappa shape index (κ1) is 12.7. The molecule has 1 aromatic carbocycles. The second-order valence-corrected chi connectivity index (χ2v) is 6.23. The van der Waals surface area contributed by atoms with E-state index in [9.17, 15) is 0 Å². The van der Waals surface area contributed by atoms with Gasteiger partial charge in [-0.25, -0.2) is 4.98 Å². The Hall–Kier alpha value is -1.27. The van der Waals surface area contributed by atoms with Gasteiger partial charge in [-0.05, 0) is 40.9 Å². The van der Waals surface area contributed by atoms with Crippen LogP contribution < -0.4 is 15.2 Å². The fraction of sp³-hybridized carbons (Fsp3) is 0.308.